The molecule has 4 aromatic rings. The normalized spacial score (nSPS) is 11.1. The Morgan fingerprint density at radius 3 is 2.86 bits per heavy atom. The van der Waals surface area contributed by atoms with Crippen molar-refractivity contribution < 1.29 is 4.42 Å². The number of rotatable bonds is 2. The zero-order valence-corrected chi connectivity index (χ0v) is 11.2. The fourth-order valence-electron chi connectivity index (χ4n) is 2.27. The summed E-state index contributed by atoms with van der Waals surface area (Å²) >= 11 is 0. The average Bonchev–Trinajstić information content (AvgIpc) is 3.15. The summed E-state index contributed by atoms with van der Waals surface area (Å²) in [5, 5.41) is 0. The van der Waals surface area contributed by atoms with E-state index in [9.17, 15) is 4.79 Å². The zero-order chi connectivity index (χ0) is 15.1. The van der Waals surface area contributed by atoms with Crippen molar-refractivity contribution in [2.24, 2.45) is 0 Å². The quantitative estimate of drug-likeness (QED) is 0.576. The second-order valence-electron chi connectivity index (χ2n) is 4.59. The number of aromatic amines is 1. The van der Waals surface area contributed by atoms with Crippen molar-refractivity contribution in [1.82, 2.24) is 24.5 Å². The van der Waals surface area contributed by atoms with E-state index in [2.05, 4.69) is 19.9 Å². The molecule has 0 fully saturated rings. The summed E-state index contributed by atoms with van der Waals surface area (Å²) in [4.78, 5) is 26.6. The van der Waals surface area contributed by atoms with Gasteiger partial charge in [0.15, 0.2) is 28.6 Å². The van der Waals surface area contributed by atoms with Gasteiger partial charge in [-0.2, -0.15) is 0 Å². The Bertz CT molecular complexity index is 995. The Morgan fingerprint density at radius 2 is 2.14 bits per heavy atom. The van der Waals surface area contributed by atoms with Gasteiger partial charge in [0.25, 0.3) is 0 Å². The predicted octanol–water partition coefficient (Wildman–Crippen LogP) is 1.35. The molecule has 4 heterocycles. The fourth-order valence-corrected chi connectivity index (χ4v) is 2.27. The minimum atomic E-state index is -0.193. The first kappa shape index (κ1) is 12.3. The van der Waals surface area contributed by atoms with Gasteiger partial charge in [0, 0.05) is 12.3 Å². The van der Waals surface area contributed by atoms with Crippen LogP contribution in [0.5, 0.6) is 0 Å². The maximum absolute atomic E-state index is 11.3. The van der Waals surface area contributed by atoms with Crippen molar-refractivity contribution in [3.63, 3.8) is 0 Å². The molecule has 8 nitrogen and oxygen atoms in total. The maximum Gasteiger partial charge on any atom is 0.248 e. The largest absolute Gasteiger partial charge is 0.461 e. The van der Waals surface area contributed by atoms with Crippen LogP contribution in [0, 0.1) is 0 Å². The van der Waals surface area contributed by atoms with Crippen molar-refractivity contribution in [3.05, 3.63) is 53.4 Å². The summed E-state index contributed by atoms with van der Waals surface area (Å²) in [5.74, 6) is 1.36. The van der Waals surface area contributed by atoms with E-state index in [1.807, 2.05) is 0 Å². The standard InChI is InChI=1S/C14H10N6O2/c15-12-11-14(18-7-17-12)20(8-3-4-10(21)16-6-8)13(19-11)9-2-1-5-22-9/h1-7H,(H,16,21)(H2,15,17,18). The number of pyridine rings is 1. The number of nitrogen functional groups attached to an aromatic ring is 1. The van der Waals surface area contributed by atoms with Gasteiger partial charge >= 0.3 is 0 Å². The summed E-state index contributed by atoms with van der Waals surface area (Å²) < 4.78 is 7.18. The number of hydrogen-bond donors (Lipinski definition) is 2. The summed E-state index contributed by atoms with van der Waals surface area (Å²) in [7, 11) is 0. The van der Waals surface area contributed by atoms with E-state index in [-0.39, 0.29) is 11.4 Å². The fraction of sp³-hybridized carbons (Fsp3) is 0. The monoisotopic (exact) mass is 294 g/mol. The Labute approximate surface area is 123 Å². The maximum atomic E-state index is 11.3. The van der Waals surface area contributed by atoms with Crippen LogP contribution in [0.15, 0.2) is 52.3 Å². The highest BCUT2D eigenvalue weighted by molar-refractivity contribution is 5.86. The molecule has 8 heteroatoms. The van der Waals surface area contributed by atoms with Crippen molar-refractivity contribution in [2.75, 3.05) is 5.73 Å². The molecule has 4 aromatic heterocycles. The molecule has 0 saturated heterocycles. The van der Waals surface area contributed by atoms with Crippen molar-refractivity contribution in [3.8, 4) is 17.3 Å². The van der Waals surface area contributed by atoms with Gasteiger partial charge in [-0.3, -0.25) is 9.36 Å². The molecule has 0 atom stereocenters. The SMILES string of the molecule is Nc1ncnc2c1nc(-c1ccco1)n2-c1ccc(=O)[nH]c1. The molecule has 0 aliphatic carbocycles. The van der Waals surface area contributed by atoms with Crippen LogP contribution in [0.4, 0.5) is 5.82 Å². The molecule has 0 bridgehead atoms. The van der Waals surface area contributed by atoms with Gasteiger partial charge in [0.1, 0.15) is 6.33 Å². The third-order valence-corrected chi connectivity index (χ3v) is 3.24. The summed E-state index contributed by atoms with van der Waals surface area (Å²) in [6.45, 7) is 0. The molecule has 0 saturated carbocycles. The number of furan rings is 1. The number of anilines is 1. The molecule has 4 rings (SSSR count). The molecular formula is C14H10N6O2. The van der Waals surface area contributed by atoms with Gasteiger partial charge in [-0.1, -0.05) is 0 Å². The first-order valence-electron chi connectivity index (χ1n) is 6.46. The average molecular weight is 294 g/mol. The van der Waals surface area contributed by atoms with Crippen LogP contribution >= 0.6 is 0 Å². The minimum Gasteiger partial charge on any atom is -0.461 e. The van der Waals surface area contributed by atoms with Crippen LogP contribution in [0.2, 0.25) is 0 Å². The topological polar surface area (TPSA) is 116 Å². The zero-order valence-electron chi connectivity index (χ0n) is 11.2. The first-order chi connectivity index (χ1) is 10.7. The molecule has 0 aliphatic heterocycles. The summed E-state index contributed by atoms with van der Waals surface area (Å²) in [6, 6.07) is 6.65. The number of nitrogens with zero attached hydrogens (tertiary/aromatic N) is 4. The van der Waals surface area contributed by atoms with Gasteiger partial charge in [-0.25, -0.2) is 15.0 Å². The van der Waals surface area contributed by atoms with E-state index in [0.717, 1.165) is 0 Å². The highest BCUT2D eigenvalue weighted by atomic mass is 16.3. The number of nitrogens with one attached hydrogen (secondary N) is 1. The lowest BCUT2D eigenvalue weighted by Gasteiger charge is -2.06. The van der Waals surface area contributed by atoms with Gasteiger partial charge in [-0.05, 0) is 18.2 Å². The van der Waals surface area contributed by atoms with E-state index in [1.54, 1.807) is 35.2 Å². The third-order valence-electron chi connectivity index (χ3n) is 3.24. The number of hydrogen-bond acceptors (Lipinski definition) is 6. The van der Waals surface area contributed by atoms with Crippen molar-refractivity contribution in [2.45, 2.75) is 0 Å². The van der Waals surface area contributed by atoms with Crippen molar-refractivity contribution >= 4 is 17.0 Å². The first-order valence-corrected chi connectivity index (χ1v) is 6.46. The number of aromatic nitrogens is 5. The summed E-state index contributed by atoms with van der Waals surface area (Å²) in [5.41, 5.74) is 7.38. The lowest BCUT2D eigenvalue weighted by atomic mass is 10.3. The van der Waals surface area contributed by atoms with Crippen LogP contribution in [-0.2, 0) is 0 Å². The Hall–Kier alpha value is -3.42. The van der Waals surface area contributed by atoms with Crippen LogP contribution in [0.3, 0.4) is 0 Å². The lowest BCUT2D eigenvalue weighted by molar-refractivity contribution is 0.576. The molecule has 22 heavy (non-hydrogen) atoms. The van der Waals surface area contributed by atoms with Gasteiger partial charge in [0.2, 0.25) is 5.56 Å². The van der Waals surface area contributed by atoms with E-state index < -0.39 is 0 Å². The molecule has 0 aromatic carbocycles. The van der Waals surface area contributed by atoms with Gasteiger partial charge < -0.3 is 15.1 Å². The van der Waals surface area contributed by atoms with Crippen LogP contribution < -0.4 is 11.3 Å². The van der Waals surface area contributed by atoms with Crippen LogP contribution in [-0.4, -0.2) is 24.5 Å². The molecule has 3 N–H and O–H groups in total. The number of H-pyrrole nitrogens is 1. The van der Waals surface area contributed by atoms with Gasteiger partial charge in [0.05, 0.1) is 12.0 Å². The smallest absolute Gasteiger partial charge is 0.248 e. The van der Waals surface area contributed by atoms with Gasteiger partial charge in [-0.15, -0.1) is 0 Å². The second-order valence-corrected chi connectivity index (χ2v) is 4.59. The second kappa shape index (κ2) is 4.55. The Morgan fingerprint density at radius 1 is 1.23 bits per heavy atom. The number of imidazole rings is 1. The molecule has 0 spiro atoms. The summed E-state index contributed by atoms with van der Waals surface area (Å²) in [6.07, 6.45) is 4.50. The number of nitrogens with two attached hydrogens (primary N) is 1. The van der Waals surface area contributed by atoms with Crippen LogP contribution in [0.1, 0.15) is 0 Å². The Kier molecular flexibility index (Phi) is 2.55. The predicted molar refractivity (Wildman–Crippen MR) is 79.4 cm³/mol. The van der Waals surface area contributed by atoms with Crippen LogP contribution in [0.25, 0.3) is 28.4 Å². The number of fused-ring (bicyclic) bond motifs is 1. The van der Waals surface area contributed by atoms with Crippen molar-refractivity contribution in [1.29, 1.82) is 0 Å². The molecular weight excluding hydrogens is 284 g/mol. The van der Waals surface area contributed by atoms with E-state index >= 15 is 0 Å². The van der Waals surface area contributed by atoms with E-state index in [0.29, 0.717) is 28.4 Å². The molecule has 0 amide bonds. The molecule has 0 aliphatic rings. The van der Waals surface area contributed by atoms with E-state index in [4.69, 9.17) is 10.2 Å². The lowest BCUT2D eigenvalue weighted by Crippen LogP contribution is -2.06. The molecule has 0 radical (unpaired) electrons. The highest BCUT2D eigenvalue weighted by Gasteiger charge is 2.19. The molecule has 108 valence electrons. The Balaban J connectivity index is 2.10. The third kappa shape index (κ3) is 1.78. The minimum absolute atomic E-state index is 0.193. The highest BCUT2D eigenvalue weighted by Crippen LogP contribution is 2.28. The van der Waals surface area contributed by atoms with E-state index in [1.165, 1.54) is 12.4 Å². The molecule has 0 unspecified atom stereocenters.